The Hall–Kier alpha value is -1.41. The topological polar surface area (TPSA) is 57.2 Å². The highest BCUT2D eigenvalue weighted by molar-refractivity contribution is 6.60. The fourth-order valence-electron chi connectivity index (χ4n) is 2.38. The maximum atomic E-state index is 11.4. The molecule has 1 aromatic rings. The number of rotatable bonds is 11. The number of para-hydroxylation sites is 1. The first kappa shape index (κ1) is 19.6. The molecule has 0 heterocycles. The molecule has 0 saturated carbocycles. The molecule has 0 saturated heterocycles. The molecule has 0 bridgehead atoms. The van der Waals surface area contributed by atoms with Gasteiger partial charge in [-0.25, -0.2) is 0 Å². The lowest BCUT2D eigenvalue weighted by Gasteiger charge is -2.28. The maximum absolute atomic E-state index is 11.4. The van der Waals surface area contributed by atoms with E-state index in [0.29, 0.717) is 13.0 Å². The van der Waals surface area contributed by atoms with Gasteiger partial charge < -0.3 is 22.9 Å². The number of methoxy groups -OCH3 is 1. The van der Waals surface area contributed by atoms with E-state index in [1.165, 1.54) is 7.11 Å². The van der Waals surface area contributed by atoms with Crippen molar-refractivity contribution < 1.29 is 22.8 Å². The lowest BCUT2D eigenvalue weighted by atomic mass is 10.2. The van der Waals surface area contributed by atoms with Gasteiger partial charge in [0.05, 0.1) is 13.5 Å². The van der Waals surface area contributed by atoms with Crippen LogP contribution in [0.4, 0.5) is 5.69 Å². The summed E-state index contributed by atoms with van der Waals surface area (Å²) < 4.78 is 21.1. The van der Waals surface area contributed by atoms with Crippen LogP contribution in [-0.2, 0) is 22.8 Å². The molecule has 0 aliphatic heterocycles. The van der Waals surface area contributed by atoms with Gasteiger partial charge >= 0.3 is 14.8 Å². The van der Waals surface area contributed by atoms with E-state index in [-0.39, 0.29) is 5.97 Å². The predicted octanol–water partition coefficient (Wildman–Crippen LogP) is 2.32. The summed E-state index contributed by atoms with van der Waals surface area (Å²) in [7, 11) is 3.70. The normalized spacial score (nSPS) is 11.3. The van der Waals surface area contributed by atoms with Crippen molar-refractivity contribution in [1.82, 2.24) is 0 Å². The van der Waals surface area contributed by atoms with Crippen LogP contribution in [0.1, 0.15) is 12.8 Å². The first-order chi connectivity index (χ1) is 11.1. The van der Waals surface area contributed by atoms with Crippen LogP contribution in [0.25, 0.3) is 0 Å². The molecule has 0 atom stereocenters. The molecule has 0 spiro atoms. The van der Waals surface area contributed by atoms with Gasteiger partial charge in [-0.1, -0.05) is 18.2 Å². The van der Waals surface area contributed by atoms with Crippen LogP contribution in [0, 0.1) is 0 Å². The van der Waals surface area contributed by atoms with E-state index in [4.69, 9.17) is 18.0 Å². The van der Waals surface area contributed by atoms with Crippen molar-refractivity contribution in [3.8, 4) is 0 Å². The first-order valence-corrected chi connectivity index (χ1v) is 9.56. The number of esters is 1. The molecule has 23 heavy (non-hydrogen) atoms. The molecule has 7 heteroatoms. The zero-order valence-corrected chi connectivity index (χ0v) is 15.4. The Morgan fingerprint density at radius 1 is 1.00 bits per heavy atom. The van der Waals surface area contributed by atoms with Crippen LogP contribution in [-0.4, -0.2) is 56.3 Å². The minimum Gasteiger partial charge on any atom is -0.469 e. The van der Waals surface area contributed by atoms with Crippen LogP contribution in [0.2, 0.25) is 6.04 Å². The van der Waals surface area contributed by atoms with Crippen molar-refractivity contribution in [2.24, 2.45) is 0 Å². The zero-order valence-electron chi connectivity index (χ0n) is 14.4. The molecule has 1 aromatic carbocycles. The third-order valence-electron chi connectivity index (χ3n) is 3.78. The number of carbonyl (C=O) groups is 1. The zero-order chi connectivity index (χ0) is 17.1. The molecule has 0 unspecified atom stereocenters. The number of hydrogen-bond acceptors (Lipinski definition) is 6. The quantitative estimate of drug-likeness (QED) is 0.455. The van der Waals surface area contributed by atoms with Crippen LogP contribution in [0.15, 0.2) is 30.3 Å². The first-order valence-electron chi connectivity index (χ1n) is 7.63. The molecule has 0 aromatic heterocycles. The minimum absolute atomic E-state index is 0.208. The van der Waals surface area contributed by atoms with Gasteiger partial charge in [0.15, 0.2) is 0 Å². The van der Waals surface area contributed by atoms with E-state index < -0.39 is 8.80 Å². The number of carbonyl (C=O) groups excluding carboxylic acids is 1. The second-order valence-electron chi connectivity index (χ2n) is 5.05. The summed E-state index contributed by atoms with van der Waals surface area (Å²) in [6.45, 7) is 1.39. The summed E-state index contributed by atoms with van der Waals surface area (Å²) >= 11 is 0. The molecule has 0 aliphatic rings. The average Bonchev–Trinajstić information content (AvgIpc) is 2.62. The van der Waals surface area contributed by atoms with Crippen molar-refractivity contribution >= 4 is 20.5 Å². The van der Waals surface area contributed by atoms with Gasteiger partial charge in [0.2, 0.25) is 0 Å². The van der Waals surface area contributed by atoms with Gasteiger partial charge in [-0.3, -0.25) is 4.79 Å². The van der Waals surface area contributed by atoms with E-state index >= 15 is 0 Å². The summed E-state index contributed by atoms with van der Waals surface area (Å²) in [6.07, 6.45) is 1.20. The number of benzene rings is 1. The smallest absolute Gasteiger partial charge is 0.469 e. The van der Waals surface area contributed by atoms with Gasteiger partial charge in [-0.05, 0) is 18.6 Å². The standard InChI is InChI=1S/C16H27NO5Si/c1-19-16(18)11-13-17(15-9-6-5-7-10-15)12-8-14-23(20-2,21-3)22-4/h5-7,9-10H,8,11-14H2,1-4H3. The fraction of sp³-hybridized carbons (Fsp3) is 0.562. The molecule has 0 amide bonds. The van der Waals surface area contributed by atoms with Crippen LogP contribution >= 0.6 is 0 Å². The van der Waals surface area contributed by atoms with Gasteiger partial charge in [0, 0.05) is 46.2 Å². The number of hydrogen-bond donors (Lipinski definition) is 0. The Balaban J connectivity index is 2.64. The number of anilines is 1. The fourth-order valence-corrected chi connectivity index (χ4v) is 4.08. The second kappa shape index (κ2) is 10.4. The van der Waals surface area contributed by atoms with Crippen molar-refractivity contribution in [3.63, 3.8) is 0 Å². The highest BCUT2D eigenvalue weighted by atomic mass is 28.4. The molecule has 6 nitrogen and oxygen atoms in total. The Morgan fingerprint density at radius 2 is 1.61 bits per heavy atom. The SMILES string of the molecule is COC(=O)CCN(CCC[Si](OC)(OC)OC)c1ccccc1. The summed E-state index contributed by atoms with van der Waals surface area (Å²) in [6, 6.07) is 10.7. The van der Waals surface area contributed by atoms with Crippen LogP contribution in [0.5, 0.6) is 0 Å². The highest BCUT2D eigenvalue weighted by Gasteiger charge is 2.37. The van der Waals surface area contributed by atoms with Gasteiger partial charge in [-0.15, -0.1) is 0 Å². The Labute approximate surface area is 139 Å². The third kappa shape index (κ3) is 6.30. The van der Waals surface area contributed by atoms with Crippen molar-refractivity contribution in [1.29, 1.82) is 0 Å². The molecule has 0 radical (unpaired) electrons. The Bertz CT molecular complexity index is 445. The number of ether oxygens (including phenoxy) is 1. The molecule has 130 valence electrons. The Morgan fingerprint density at radius 3 is 2.13 bits per heavy atom. The van der Waals surface area contributed by atoms with Gasteiger partial charge in [-0.2, -0.15) is 0 Å². The van der Waals surface area contributed by atoms with E-state index in [1.54, 1.807) is 21.3 Å². The third-order valence-corrected chi connectivity index (χ3v) is 6.61. The molecule has 1 rings (SSSR count). The van der Waals surface area contributed by atoms with Crippen LogP contribution < -0.4 is 4.90 Å². The van der Waals surface area contributed by atoms with Gasteiger partial charge in [0.25, 0.3) is 0 Å². The van der Waals surface area contributed by atoms with Gasteiger partial charge in [0.1, 0.15) is 0 Å². The lowest BCUT2D eigenvalue weighted by molar-refractivity contribution is -0.140. The van der Waals surface area contributed by atoms with Crippen molar-refractivity contribution in [2.75, 3.05) is 46.4 Å². The van der Waals surface area contributed by atoms with Crippen LogP contribution in [0.3, 0.4) is 0 Å². The maximum Gasteiger partial charge on any atom is 0.500 e. The average molecular weight is 341 g/mol. The minimum atomic E-state index is -2.56. The Kier molecular flexibility index (Phi) is 8.86. The monoisotopic (exact) mass is 341 g/mol. The van der Waals surface area contributed by atoms with E-state index in [1.807, 2.05) is 30.3 Å². The molecular formula is C16H27NO5Si. The second-order valence-corrected chi connectivity index (χ2v) is 8.14. The molecule has 0 fully saturated rings. The van der Waals surface area contributed by atoms with E-state index in [0.717, 1.165) is 24.7 Å². The summed E-state index contributed by atoms with van der Waals surface area (Å²) in [4.78, 5) is 13.6. The summed E-state index contributed by atoms with van der Waals surface area (Å²) in [5, 5.41) is 0. The van der Waals surface area contributed by atoms with Crippen molar-refractivity contribution in [2.45, 2.75) is 18.9 Å². The molecule has 0 N–H and O–H groups in total. The molecular weight excluding hydrogens is 314 g/mol. The molecule has 0 aliphatic carbocycles. The largest absolute Gasteiger partial charge is 0.500 e. The summed E-state index contributed by atoms with van der Waals surface area (Å²) in [5.41, 5.74) is 1.08. The van der Waals surface area contributed by atoms with Crippen molar-refractivity contribution in [3.05, 3.63) is 30.3 Å². The number of nitrogens with zero attached hydrogens (tertiary/aromatic N) is 1. The lowest BCUT2D eigenvalue weighted by Crippen LogP contribution is -2.43. The van der Waals surface area contributed by atoms with E-state index in [9.17, 15) is 4.79 Å². The predicted molar refractivity (Wildman–Crippen MR) is 91.5 cm³/mol. The van der Waals surface area contributed by atoms with E-state index in [2.05, 4.69) is 4.90 Å². The summed E-state index contributed by atoms with van der Waals surface area (Å²) in [5.74, 6) is -0.208. The highest BCUT2D eigenvalue weighted by Crippen LogP contribution is 2.19.